The van der Waals surface area contributed by atoms with Crippen LogP contribution in [0.4, 0.5) is 0 Å². The summed E-state index contributed by atoms with van der Waals surface area (Å²) in [6, 6.07) is 13.3. The number of fused-ring (bicyclic) bond motifs is 2. The minimum Gasteiger partial charge on any atom is -0.507 e. The predicted octanol–water partition coefficient (Wildman–Crippen LogP) is -4.03. The Labute approximate surface area is 392 Å². The van der Waals surface area contributed by atoms with E-state index in [4.69, 9.17) is 41.9 Å². The molecule has 0 spiro atoms. The third-order valence-corrected chi connectivity index (χ3v) is 12.6. The molecule has 4 aromatic rings. The normalized spacial score (nSPS) is 31.9. The Morgan fingerprint density at radius 1 is 0.696 bits per heavy atom. The average Bonchev–Trinajstić information content (AvgIpc) is 3.32. The maximum Gasteiger partial charge on any atom is 0.339 e. The van der Waals surface area contributed by atoms with Crippen molar-refractivity contribution in [1.29, 1.82) is 0 Å². The third-order valence-electron chi connectivity index (χ3n) is 12.6. The number of rotatable bonds is 14. The lowest BCUT2D eigenvalue weighted by atomic mass is 9.83. The fourth-order valence-corrected chi connectivity index (χ4v) is 8.75. The lowest BCUT2D eigenvalue weighted by molar-refractivity contribution is -0.332. The summed E-state index contributed by atoms with van der Waals surface area (Å²) < 4.78 is 22.5. The van der Waals surface area contributed by atoms with Crippen molar-refractivity contribution in [3.63, 3.8) is 0 Å². The van der Waals surface area contributed by atoms with Crippen LogP contribution in [0.3, 0.4) is 0 Å². The lowest BCUT2D eigenvalue weighted by Gasteiger charge is -2.49. The van der Waals surface area contributed by atoms with Gasteiger partial charge in [0, 0.05) is 30.1 Å². The van der Waals surface area contributed by atoms with E-state index in [1.807, 2.05) is 0 Å². The first-order valence-electron chi connectivity index (χ1n) is 21.9. The molecule has 0 aromatic heterocycles. The number of aromatic hydroxyl groups is 2. The fourth-order valence-electron chi connectivity index (χ4n) is 8.75. The van der Waals surface area contributed by atoms with Crippen molar-refractivity contribution in [2.24, 2.45) is 22.9 Å². The first kappa shape index (κ1) is 53.1. The third kappa shape index (κ3) is 11.2. The number of nitrogens with one attached hydrogen (secondary N) is 1. The van der Waals surface area contributed by atoms with E-state index in [-0.39, 0.29) is 43.5 Å². The Hall–Kier alpha value is -5.23. The van der Waals surface area contributed by atoms with E-state index < -0.39 is 134 Å². The molecule has 3 aliphatic rings. The molecule has 2 aliphatic heterocycles. The monoisotopic (exact) mass is 973 g/mol. The van der Waals surface area contributed by atoms with Gasteiger partial charge in [-0.25, -0.2) is 9.59 Å². The molecule has 16 atom stereocenters. The minimum absolute atomic E-state index is 0.0101. The molecular formula is C45H59N5O19. The molecule has 1 saturated carbocycles. The maximum absolute atomic E-state index is 12.6. The zero-order chi connectivity index (χ0) is 50.6. The molecule has 69 heavy (non-hydrogen) atoms. The highest BCUT2D eigenvalue weighted by molar-refractivity contribution is 6.02. The SMILES string of the molecule is NCC[C@H](O)C(=O)N[C@@H]1C[C@H](N)[C@@H](O[C@H]2O[C@H](CN)[C@@H](O)[C@H](O)[C@H]2O)[C@H](O)[C@H]1O[C@H]1O[C@H](CO)[C@@H](O)[C@H](N)[C@H]1O.O=C(O)c1cc2ccccc2c(Cc2c(O)c(C(=O)O)cc3ccccc23)c1O. The molecule has 378 valence electrons. The van der Waals surface area contributed by atoms with Crippen LogP contribution in [-0.4, -0.2) is 197 Å². The van der Waals surface area contributed by atoms with Crippen LogP contribution < -0.4 is 28.3 Å². The van der Waals surface area contributed by atoms with Crippen LogP contribution in [0.5, 0.6) is 11.5 Å². The van der Waals surface area contributed by atoms with Crippen molar-refractivity contribution in [3.05, 3.63) is 82.9 Å². The summed E-state index contributed by atoms with van der Waals surface area (Å²) in [6.07, 6.45) is -19.9. The van der Waals surface area contributed by atoms with Crippen LogP contribution in [0.15, 0.2) is 60.7 Å². The summed E-state index contributed by atoms with van der Waals surface area (Å²) >= 11 is 0. The zero-order valence-electron chi connectivity index (χ0n) is 36.8. The second kappa shape index (κ2) is 22.7. The number of carboxylic acid groups (broad SMARTS) is 2. The smallest absolute Gasteiger partial charge is 0.339 e. The van der Waals surface area contributed by atoms with E-state index in [1.54, 1.807) is 48.5 Å². The van der Waals surface area contributed by atoms with E-state index >= 15 is 0 Å². The van der Waals surface area contributed by atoms with E-state index in [9.17, 15) is 75.7 Å². The van der Waals surface area contributed by atoms with E-state index in [0.29, 0.717) is 32.7 Å². The molecule has 0 bridgehead atoms. The van der Waals surface area contributed by atoms with Gasteiger partial charge >= 0.3 is 11.9 Å². The quantitative estimate of drug-likeness (QED) is 0.0572. The van der Waals surface area contributed by atoms with Gasteiger partial charge in [-0.15, -0.1) is 0 Å². The van der Waals surface area contributed by atoms with Crippen molar-refractivity contribution in [2.45, 2.75) is 117 Å². The Morgan fingerprint density at radius 3 is 1.71 bits per heavy atom. The highest BCUT2D eigenvalue weighted by Gasteiger charge is 2.52. The molecule has 7 rings (SSSR count). The van der Waals surface area contributed by atoms with Crippen LogP contribution >= 0.6 is 0 Å². The number of nitrogens with two attached hydrogens (primary N) is 4. The summed E-state index contributed by atoms with van der Waals surface area (Å²) in [5.41, 5.74) is 23.2. The molecule has 1 amide bonds. The van der Waals surface area contributed by atoms with E-state index in [1.165, 1.54) is 12.1 Å². The number of aliphatic hydroxyl groups is 8. The van der Waals surface area contributed by atoms with E-state index in [2.05, 4.69) is 5.32 Å². The van der Waals surface area contributed by atoms with Crippen LogP contribution in [0.1, 0.15) is 44.7 Å². The summed E-state index contributed by atoms with van der Waals surface area (Å²) in [4.78, 5) is 35.8. The van der Waals surface area contributed by atoms with Crippen molar-refractivity contribution >= 4 is 39.4 Å². The topological polar surface area (TPSA) is 447 Å². The first-order chi connectivity index (χ1) is 32.7. The number of carbonyl (C=O) groups is 3. The van der Waals surface area contributed by atoms with Crippen LogP contribution in [-0.2, 0) is 30.2 Å². The number of benzene rings is 4. The number of carboxylic acids is 2. The highest BCUT2D eigenvalue weighted by Crippen LogP contribution is 2.39. The molecule has 2 saturated heterocycles. The molecule has 2 heterocycles. The molecule has 24 nitrogen and oxygen atoms in total. The van der Waals surface area contributed by atoms with Gasteiger partial charge in [0.2, 0.25) is 5.91 Å². The van der Waals surface area contributed by atoms with Crippen LogP contribution in [0, 0.1) is 0 Å². The Bertz CT molecular complexity index is 2350. The second-order valence-corrected chi connectivity index (χ2v) is 17.1. The van der Waals surface area contributed by atoms with Crippen molar-refractivity contribution < 1.29 is 94.6 Å². The Morgan fingerprint density at radius 2 is 1.20 bits per heavy atom. The van der Waals surface area contributed by atoms with E-state index in [0.717, 1.165) is 0 Å². The van der Waals surface area contributed by atoms with Crippen molar-refractivity contribution in [1.82, 2.24) is 5.32 Å². The second-order valence-electron chi connectivity index (χ2n) is 17.1. The van der Waals surface area contributed by atoms with Gasteiger partial charge in [0.15, 0.2) is 12.6 Å². The van der Waals surface area contributed by atoms with Gasteiger partial charge in [-0.05, 0) is 53.1 Å². The largest absolute Gasteiger partial charge is 0.507 e. The number of aliphatic hydroxyl groups excluding tert-OH is 8. The Balaban J connectivity index is 0.000000238. The number of hydrogen-bond donors (Lipinski definition) is 17. The molecule has 4 aromatic carbocycles. The van der Waals surface area contributed by atoms with Gasteiger partial charge < -0.3 is 108 Å². The predicted molar refractivity (Wildman–Crippen MR) is 239 cm³/mol. The number of carbonyl (C=O) groups excluding carboxylic acids is 1. The standard InChI is InChI=1S/C23H16O6.C22H43N5O13/c24-20-16(14-7-3-1-5-12(14)9-18(20)22(26)27)11-17-15-8-4-2-6-13(15)10-19(21(17)25)23(28)29;23-2-1-8(29)20(36)27-7-3-6(25)18(39-22-16(34)15(33)13(31)9(4-24)37-22)17(35)19(7)40-21-14(32)11(26)12(30)10(5-28)38-21/h1-10,24-25H,11H2,(H,26,27)(H,28,29);6-19,21-22,28-35H,1-5,23-26H2,(H,27,36)/t;6-,7+,8-,9+,10+,11-,12+,13+,14+,15-,16+,17-,18+,19-,21+,22+/m.0/s1. The van der Waals surface area contributed by atoms with Crippen LogP contribution in [0.25, 0.3) is 21.5 Å². The molecule has 21 N–H and O–H groups in total. The fraction of sp³-hybridized carbons (Fsp3) is 0.489. The number of amides is 1. The molecule has 1 aliphatic carbocycles. The molecule has 0 radical (unpaired) electrons. The molecular weight excluding hydrogens is 915 g/mol. The molecule has 0 unspecified atom stereocenters. The number of hydrogen-bond acceptors (Lipinski definition) is 21. The average molecular weight is 974 g/mol. The summed E-state index contributed by atoms with van der Waals surface area (Å²) in [7, 11) is 0. The first-order valence-corrected chi connectivity index (χ1v) is 21.9. The number of aromatic carboxylic acids is 2. The van der Waals surface area contributed by atoms with Gasteiger partial charge in [-0.1, -0.05) is 48.5 Å². The summed E-state index contributed by atoms with van der Waals surface area (Å²) in [5, 5.41) is 128. The zero-order valence-corrected chi connectivity index (χ0v) is 36.8. The maximum atomic E-state index is 12.6. The minimum atomic E-state index is -1.76. The lowest BCUT2D eigenvalue weighted by Crippen LogP contribution is -2.69. The number of ether oxygens (including phenoxy) is 4. The molecule has 3 fully saturated rings. The highest BCUT2D eigenvalue weighted by atomic mass is 16.7. The van der Waals surface area contributed by atoms with Gasteiger partial charge in [0.25, 0.3) is 0 Å². The van der Waals surface area contributed by atoms with Gasteiger partial charge in [-0.2, -0.15) is 0 Å². The van der Waals surface area contributed by atoms with Gasteiger partial charge in [0.05, 0.1) is 18.7 Å². The molecule has 24 heteroatoms. The van der Waals surface area contributed by atoms with Gasteiger partial charge in [0.1, 0.15) is 89.8 Å². The van der Waals surface area contributed by atoms with Crippen LogP contribution in [0.2, 0.25) is 0 Å². The van der Waals surface area contributed by atoms with Crippen molar-refractivity contribution in [3.8, 4) is 11.5 Å². The van der Waals surface area contributed by atoms with Gasteiger partial charge in [-0.3, -0.25) is 4.79 Å². The summed E-state index contributed by atoms with van der Waals surface area (Å²) in [5.74, 6) is -4.20. The number of phenols is 2. The Kier molecular flexibility index (Phi) is 17.5. The summed E-state index contributed by atoms with van der Waals surface area (Å²) in [6.45, 7) is -0.898. The van der Waals surface area contributed by atoms with Crippen molar-refractivity contribution in [2.75, 3.05) is 19.7 Å².